The lowest BCUT2D eigenvalue weighted by Crippen LogP contribution is -2.37. The van der Waals surface area contributed by atoms with Crippen LogP contribution in [0, 0.1) is 6.92 Å². The quantitative estimate of drug-likeness (QED) is 0.902. The lowest BCUT2D eigenvalue weighted by Gasteiger charge is -2.11. The van der Waals surface area contributed by atoms with E-state index < -0.39 is 6.04 Å². The number of aromatic nitrogens is 1. The van der Waals surface area contributed by atoms with Gasteiger partial charge in [-0.1, -0.05) is 11.8 Å². The number of nitrogens with one attached hydrogen (secondary N) is 2. The third-order valence-electron chi connectivity index (χ3n) is 3.24. The number of hydrogen-bond acceptors (Lipinski definition) is 5. The molecule has 1 aliphatic rings. The van der Waals surface area contributed by atoms with Crippen LogP contribution in [0.4, 0.5) is 5.69 Å². The summed E-state index contributed by atoms with van der Waals surface area (Å²) in [5, 5.41) is 7.50. The molecule has 7 heteroatoms. The number of carbonyl (C=O) groups is 2. The second-order valence-electron chi connectivity index (χ2n) is 5.03. The Morgan fingerprint density at radius 1 is 1.41 bits per heavy atom. The molecule has 22 heavy (non-hydrogen) atoms. The predicted molar refractivity (Wildman–Crippen MR) is 87.2 cm³/mol. The molecule has 114 valence electrons. The molecule has 3 rings (SSSR count). The molecule has 0 bridgehead atoms. The van der Waals surface area contributed by atoms with Gasteiger partial charge in [0.05, 0.1) is 0 Å². The van der Waals surface area contributed by atoms with Crippen molar-refractivity contribution in [3.8, 4) is 0 Å². The van der Waals surface area contributed by atoms with Crippen molar-refractivity contribution < 1.29 is 9.59 Å². The molecule has 0 saturated carbocycles. The molecule has 2 aromatic rings. The van der Waals surface area contributed by atoms with Gasteiger partial charge in [-0.25, -0.2) is 4.98 Å². The molecule has 2 amide bonds. The van der Waals surface area contributed by atoms with E-state index in [1.54, 1.807) is 23.1 Å². The Kier molecular flexibility index (Phi) is 4.44. The van der Waals surface area contributed by atoms with E-state index in [-0.39, 0.29) is 11.8 Å². The fraction of sp³-hybridized carbons (Fsp3) is 0.267. The van der Waals surface area contributed by atoms with Gasteiger partial charge in [-0.05, 0) is 37.6 Å². The zero-order valence-corrected chi connectivity index (χ0v) is 13.6. The van der Waals surface area contributed by atoms with Gasteiger partial charge in [0.25, 0.3) is 0 Å². The number of rotatable bonds is 4. The van der Waals surface area contributed by atoms with Gasteiger partial charge in [0.2, 0.25) is 11.8 Å². The smallest absolute Gasteiger partial charge is 0.246 e. The summed E-state index contributed by atoms with van der Waals surface area (Å²) in [5.41, 5.74) is 1.75. The first kappa shape index (κ1) is 15.1. The van der Waals surface area contributed by atoms with Crippen molar-refractivity contribution in [2.45, 2.75) is 35.0 Å². The monoisotopic (exact) mass is 333 g/mol. The first-order valence-corrected chi connectivity index (χ1v) is 8.60. The van der Waals surface area contributed by atoms with Gasteiger partial charge in [0.15, 0.2) is 4.34 Å². The Morgan fingerprint density at radius 3 is 2.77 bits per heavy atom. The normalized spacial score (nSPS) is 17.3. The van der Waals surface area contributed by atoms with Crippen LogP contribution < -0.4 is 10.6 Å². The van der Waals surface area contributed by atoms with E-state index in [0.29, 0.717) is 12.8 Å². The minimum absolute atomic E-state index is 0.0642. The molecule has 1 aliphatic heterocycles. The third-order valence-corrected chi connectivity index (χ3v) is 5.30. The summed E-state index contributed by atoms with van der Waals surface area (Å²) in [6.07, 6.45) is 0.975. The fourth-order valence-corrected chi connectivity index (χ4v) is 3.94. The molecule has 1 saturated heterocycles. The zero-order chi connectivity index (χ0) is 15.5. The Labute approximate surface area is 136 Å². The average Bonchev–Trinajstić information content (AvgIpc) is 3.10. The van der Waals surface area contributed by atoms with Gasteiger partial charge >= 0.3 is 0 Å². The zero-order valence-electron chi connectivity index (χ0n) is 12.0. The number of amides is 2. The van der Waals surface area contributed by atoms with E-state index >= 15 is 0 Å². The molecule has 0 aliphatic carbocycles. The van der Waals surface area contributed by atoms with Crippen LogP contribution in [0.1, 0.15) is 18.5 Å². The number of carbonyl (C=O) groups excluding carboxylic acids is 2. The van der Waals surface area contributed by atoms with E-state index in [1.165, 1.54) is 0 Å². The lowest BCUT2D eigenvalue weighted by molar-refractivity contribution is -0.122. The minimum Gasteiger partial charge on any atom is -0.344 e. The van der Waals surface area contributed by atoms with Crippen LogP contribution in [-0.4, -0.2) is 22.8 Å². The highest BCUT2D eigenvalue weighted by Crippen LogP contribution is 2.30. The first-order chi connectivity index (χ1) is 10.6. The van der Waals surface area contributed by atoms with Crippen LogP contribution in [0.15, 0.2) is 38.9 Å². The van der Waals surface area contributed by atoms with E-state index in [9.17, 15) is 9.59 Å². The van der Waals surface area contributed by atoms with Gasteiger partial charge in [0, 0.05) is 28.1 Å². The van der Waals surface area contributed by atoms with Crippen LogP contribution in [0.3, 0.4) is 0 Å². The van der Waals surface area contributed by atoms with Crippen molar-refractivity contribution in [3.63, 3.8) is 0 Å². The summed E-state index contributed by atoms with van der Waals surface area (Å²) in [5.74, 6) is -0.229. The largest absolute Gasteiger partial charge is 0.344 e. The second kappa shape index (κ2) is 6.50. The lowest BCUT2D eigenvalue weighted by atomic mass is 10.2. The van der Waals surface area contributed by atoms with Crippen molar-refractivity contribution in [2.75, 3.05) is 5.32 Å². The molecule has 1 aromatic carbocycles. The number of nitrogens with zero attached hydrogens (tertiary/aromatic N) is 1. The molecule has 0 unspecified atom stereocenters. The Hall–Kier alpha value is -1.86. The van der Waals surface area contributed by atoms with Crippen LogP contribution in [0.2, 0.25) is 0 Å². The van der Waals surface area contributed by atoms with Crippen molar-refractivity contribution in [3.05, 3.63) is 35.3 Å². The Morgan fingerprint density at radius 2 is 2.18 bits per heavy atom. The number of thiazole rings is 1. The van der Waals surface area contributed by atoms with Gasteiger partial charge in [-0.2, -0.15) is 0 Å². The van der Waals surface area contributed by atoms with Gasteiger partial charge < -0.3 is 10.6 Å². The van der Waals surface area contributed by atoms with Gasteiger partial charge in [0.1, 0.15) is 6.04 Å². The van der Waals surface area contributed by atoms with Gasteiger partial charge in [-0.15, -0.1) is 11.3 Å². The summed E-state index contributed by atoms with van der Waals surface area (Å²) >= 11 is 3.22. The van der Waals surface area contributed by atoms with Crippen LogP contribution in [0.5, 0.6) is 0 Å². The third kappa shape index (κ3) is 3.66. The van der Waals surface area contributed by atoms with Crippen LogP contribution in [-0.2, 0) is 9.59 Å². The molecule has 0 radical (unpaired) electrons. The van der Waals surface area contributed by atoms with Crippen molar-refractivity contribution in [1.82, 2.24) is 10.3 Å². The SMILES string of the molecule is Cc1csc(Sc2ccc(NC(=O)[C@H]3CCC(=O)N3)cc2)n1. The number of hydrogen-bond donors (Lipinski definition) is 2. The summed E-state index contributed by atoms with van der Waals surface area (Å²) in [6, 6.07) is 7.20. The van der Waals surface area contributed by atoms with Crippen molar-refractivity contribution in [2.24, 2.45) is 0 Å². The van der Waals surface area contributed by atoms with Crippen molar-refractivity contribution in [1.29, 1.82) is 0 Å². The highest BCUT2D eigenvalue weighted by atomic mass is 32.2. The maximum atomic E-state index is 12.0. The molecule has 1 aromatic heterocycles. The summed E-state index contributed by atoms with van der Waals surface area (Å²) in [6.45, 7) is 1.97. The number of aryl methyl sites for hydroxylation is 1. The van der Waals surface area contributed by atoms with E-state index in [2.05, 4.69) is 15.6 Å². The van der Waals surface area contributed by atoms with Crippen LogP contribution in [0.25, 0.3) is 0 Å². The van der Waals surface area contributed by atoms with Crippen molar-refractivity contribution >= 4 is 40.6 Å². The van der Waals surface area contributed by atoms with E-state index in [0.717, 1.165) is 20.6 Å². The molecule has 5 nitrogen and oxygen atoms in total. The first-order valence-electron chi connectivity index (χ1n) is 6.90. The van der Waals surface area contributed by atoms with E-state index in [1.807, 2.05) is 36.6 Å². The fourth-order valence-electron chi connectivity index (χ4n) is 2.13. The standard InChI is InChI=1S/C15H15N3O2S2/c1-9-8-21-15(16-9)22-11-4-2-10(3-5-11)17-14(20)12-6-7-13(19)18-12/h2-5,8,12H,6-7H2,1H3,(H,17,20)(H,18,19)/t12-/m1/s1. The molecule has 1 fully saturated rings. The molecular weight excluding hydrogens is 318 g/mol. The number of benzene rings is 1. The molecule has 0 spiro atoms. The number of anilines is 1. The highest BCUT2D eigenvalue weighted by molar-refractivity contribution is 8.01. The summed E-state index contributed by atoms with van der Waals surface area (Å²) in [4.78, 5) is 28.6. The maximum absolute atomic E-state index is 12.0. The molecule has 2 heterocycles. The van der Waals surface area contributed by atoms with Crippen LogP contribution >= 0.6 is 23.1 Å². The average molecular weight is 333 g/mol. The second-order valence-corrected chi connectivity index (χ2v) is 7.21. The predicted octanol–water partition coefficient (Wildman–Crippen LogP) is 2.82. The Bertz CT molecular complexity index is 697. The summed E-state index contributed by atoms with van der Waals surface area (Å²) < 4.78 is 1.00. The highest BCUT2D eigenvalue weighted by Gasteiger charge is 2.26. The topological polar surface area (TPSA) is 71.1 Å². The van der Waals surface area contributed by atoms with E-state index in [4.69, 9.17) is 0 Å². The Balaban J connectivity index is 1.59. The summed E-state index contributed by atoms with van der Waals surface area (Å²) in [7, 11) is 0. The minimum atomic E-state index is -0.417. The molecule has 2 N–H and O–H groups in total. The maximum Gasteiger partial charge on any atom is 0.246 e. The molecular formula is C15H15N3O2S2. The molecule has 1 atom stereocenters. The van der Waals surface area contributed by atoms with Gasteiger partial charge in [-0.3, -0.25) is 9.59 Å².